The normalized spacial score (nSPS) is 30.8. The number of likely N-dealkylation sites (tertiary alicyclic amines) is 1. The number of fused-ring (bicyclic) bond motifs is 1. The fourth-order valence-electron chi connectivity index (χ4n) is 5.92. The zero-order chi connectivity index (χ0) is 18.1. The molecule has 3 aliphatic rings. The third kappa shape index (κ3) is 3.54. The highest BCUT2D eigenvalue weighted by Crippen LogP contribution is 2.41. The van der Waals surface area contributed by atoms with Crippen LogP contribution in [0.5, 0.6) is 0 Å². The van der Waals surface area contributed by atoms with Crippen molar-refractivity contribution >= 4 is 5.69 Å². The van der Waals surface area contributed by atoms with Crippen molar-refractivity contribution in [1.82, 2.24) is 4.90 Å². The highest BCUT2D eigenvalue weighted by atomic mass is 15.2. The Morgan fingerprint density at radius 1 is 0.923 bits per heavy atom. The number of benzene rings is 1. The molecule has 1 aromatic rings. The lowest BCUT2D eigenvalue weighted by atomic mass is 9.79. The third-order valence-corrected chi connectivity index (χ3v) is 7.74. The molecule has 1 unspecified atom stereocenters. The summed E-state index contributed by atoms with van der Waals surface area (Å²) in [6.07, 6.45) is 9.78. The van der Waals surface area contributed by atoms with Crippen LogP contribution in [0.25, 0.3) is 0 Å². The van der Waals surface area contributed by atoms with Gasteiger partial charge in [-0.2, -0.15) is 0 Å². The zero-order valence-corrected chi connectivity index (χ0v) is 17.2. The zero-order valence-electron chi connectivity index (χ0n) is 17.2. The highest BCUT2D eigenvalue weighted by Gasteiger charge is 2.35. The summed E-state index contributed by atoms with van der Waals surface area (Å²) < 4.78 is 0. The number of para-hydroxylation sites is 1. The average Bonchev–Trinajstić information content (AvgIpc) is 3.07. The van der Waals surface area contributed by atoms with Crippen LogP contribution in [-0.2, 0) is 0 Å². The van der Waals surface area contributed by atoms with Crippen LogP contribution >= 0.6 is 0 Å². The highest BCUT2D eigenvalue weighted by molar-refractivity contribution is 5.61. The predicted molar refractivity (Wildman–Crippen MR) is 112 cm³/mol. The predicted octanol–water partition coefficient (Wildman–Crippen LogP) is 5.68. The molecule has 2 heteroatoms. The maximum absolute atomic E-state index is 2.84. The second-order valence-corrected chi connectivity index (χ2v) is 9.40. The number of hydrogen-bond acceptors (Lipinski definition) is 2. The summed E-state index contributed by atoms with van der Waals surface area (Å²) in [5, 5.41) is 0. The van der Waals surface area contributed by atoms with Crippen LogP contribution in [0.3, 0.4) is 0 Å². The molecule has 0 amide bonds. The lowest BCUT2D eigenvalue weighted by Gasteiger charge is -2.43. The number of anilines is 1. The summed E-state index contributed by atoms with van der Waals surface area (Å²) in [5.74, 6) is 2.61. The molecule has 2 nitrogen and oxygen atoms in total. The van der Waals surface area contributed by atoms with Gasteiger partial charge in [0.15, 0.2) is 0 Å². The standard InChI is InChI=1S/C24H38N2/c1-4-19-17-26(24-8-6-5-7-23(19)24)22-13-15-25(16-14-22)21-11-9-20(10-12-21)18(2)3/h5-8,18-22H,4,9-17H2,1-3H3. The van der Waals surface area contributed by atoms with Crippen LogP contribution in [0.15, 0.2) is 24.3 Å². The summed E-state index contributed by atoms with van der Waals surface area (Å²) in [5.41, 5.74) is 3.14. The second-order valence-electron chi connectivity index (χ2n) is 9.40. The van der Waals surface area contributed by atoms with Crippen molar-refractivity contribution in [3.05, 3.63) is 29.8 Å². The first-order valence-corrected chi connectivity index (χ1v) is 11.3. The van der Waals surface area contributed by atoms with E-state index in [2.05, 4.69) is 54.8 Å². The van der Waals surface area contributed by atoms with E-state index < -0.39 is 0 Å². The van der Waals surface area contributed by atoms with Crippen LogP contribution in [0.1, 0.15) is 77.2 Å². The molecule has 2 heterocycles. The summed E-state index contributed by atoms with van der Waals surface area (Å²) >= 11 is 0. The molecule has 1 aromatic carbocycles. The minimum absolute atomic E-state index is 0.746. The van der Waals surface area contributed by atoms with Crippen LogP contribution in [-0.4, -0.2) is 36.6 Å². The third-order valence-electron chi connectivity index (χ3n) is 7.74. The van der Waals surface area contributed by atoms with Gasteiger partial charge in [-0.1, -0.05) is 39.0 Å². The van der Waals surface area contributed by atoms with Crippen molar-refractivity contribution in [2.45, 2.75) is 83.7 Å². The first-order chi connectivity index (χ1) is 12.7. The van der Waals surface area contributed by atoms with E-state index in [0.717, 1.165) is 29.8 Å². The van der Waals surface area contributed by atoms with Crippen LogP contribution < -0.4 is 4.90 Å². The lowest BCUT2D eigenvalue weighted by molar-refractivity contribution is 0.0977. The molecule has 1 saturated carbocycles. The van der Waals surface area contributed by atoms with E-state index in [1.165, 1.54) is 70.3 Å². The molecule has 1 saturated heterocycles. The van der Waals surface area contributed by atoms with Gasteiger partial charge in [-0.15, -0.1) is 0 Å². The Labute approximate surface area is 161 Å². The number of piperidine rings is 1. The van der Waals surface area contributed by atoms with Crippen molar-refractivity contribution in [3.63, 3.8) is 0 Å². The molecule has 1 aliphatic carbocycles. The average molecular weight is 355 g/mol. The van der Waals surface area contributed by atoms with Crippen LogP contribution in [0, 0.1) is 11.8 Å². The molecule has 4 rings (SSSR count). The van der Waals surface area contributed by atoms with Crippen molar-refractivity contribution < 1.29 is 0 Å². The van der Waals surface area contributed by atoms with Crippen molar-refractivity contribution in [3.8, 4) is 0 Å². The Bertz CT molecular complexity index is 580. The van der Waals surface area contributed by atoms with Gasteiger partial charge < -0.3 is 9.80 Å². The smallest absolute Gasteiger partial charge is 0.0405 e. The second kappa shape index (κ2) is 7.92. The molecular formula is C24H38N2. The van der Waals surface area contributed by atoms with Crippen LogP contribution in [0.4, 0.5) is 5.69 Å². The van der Waals surface area contributed by atoms with Gasteiger partial charge in [0.05, 0.1) is 0 Å². The minimum atomic E-state index is 0.746. The molecule has 0 N–H and O–H groups in total. The minimum Gasteiger partial charge on any atom is -0.368 e. The van der Waals surface area contributed by atoms with Crippen molar-refractivity contribution in [2.75, 3.05) is 24.5 Å². The first-order valence-electron chi connectivity index (χ1n) is 11.3. The molecule has 0 spiro atoms. The topological polar surface area (TPSA) is 6.48 Å². The van der Waals surface area contributed by atoms with Gasteiger partial charge in [-0.3, -0.25) is 0 Å². The summed E-state index contributed by atoms with van der Waals surface area (Å²) in [6.45, 7) is 11.1. The van der Waals surface area contributed by atoms with Gasteiger partial charge in [0.1, 0.15) is 0 Å². The van der Waals surface area contributed by atoms with Crippen molar-refractivity contribution in [2.24, 2.45) is 11.8 Å². The maximum Gasteiger partial charge on any atom is 0.0405 e. The van der Waals surface area contributed by atoms with Gasteiger partial charge in [0.2, 0.25) is 0 Å². The fourth-order valence-corrected chi connectivity index (χ4v) is 5.92. The van der Waals surface area contributed by atoms with E-state index >= 15 is 0 Å². The lowest BCUT2D eigenvalue weighted by Crippen LogP contribution is -2.49. The van der Waals surface area contributed by atoms with Gasteiger partial charge in [0.25, 0.3) is 0 Å². The van der Waals surface area contributed by atoms with Gasteiger partial charge >= 0.3 is 0 Å². The van der Waals surface area contributed by atoms with Gasteiger partial charge in [-0.05, 0) is 68.4 Å². The van der Waals surface area contributed by atoms with Gasteiger partial charge in [-0.25, -0.2) is 0 Å². The summed E-state index contributed by atoms with van der Waals surface area (Å²) in [6, 6.07) is 10.8. The van der Waals surface area contributed by atoms with E-state index in [4.69, 9.17) is 0 Å². The molecule has 0 bridgehead atoms. The molecule has 26 heavy (non-hydrogen) atoms. The molecule has 1 atom stereocenters. The molecule has 0 radical (unpaired) electrons. The Hall–Kier alpha value is -1.02. The molecule has 2 fully saturated rings. The number of nitrogens with zero attached hydrogens (tertiary/aromatic N) is 2. The quantitative estimate of drug-likeness (QED) is 0.686. The number of hydrogen-bond donors (Lipinski definition) is 0. The number of rotatable bonds is 4. The monoisotopic (exact) mass is 354 g/mol. The SMILES string of the molecule is CCC1CN(C2CCN(C3CCC(C(C)C)CC3)CC2)c2ccccc21. The van der Waals surface area contributed by atoms with E-state index in [9.17, 15) is 0 Å². The van der Waals surface area contributed by atoms with E-state index in [1.54, 1.807) is 5.56 Å². The van der Waals surface area contributed by atoms with Crippen molar-refractivity contribution in [1.29, 1.82) is 0 Å². The van der Waals surface area contributed by atoms with Crippen LogP contribution in [0.2, 0.25) is 0 Å². The Kier molecular flexibility index (Phi) is 5.59. The first kappa shape index (κ1) is 18.3. The Morgan fingerprint density at radius 2 is 1.62 bits per heavy atom. The summed E-state index contributed by atoms with van der Waals surface area (Å²) in [4.78, 5) is 5.60. The Balaban J connectivity index is 1.33. The van der Waals surface area contributed by atoms with E-state index in [-0.39, 0.29) is 0 Å². The molecule has 144 valence electrons. The maximum atomic E-state index is 2.84. The van der Waals surface area contributed by atoms with Gasteiger partial charge in [0, 0.05) is 43.3 Å². The van der Waals surface area contributed by atoms with E-state index in [0.29, 0.717) is 0 Å². The molecular weight excluding hydrogens is 316 g/mol. The largest absolute Gasteiger partial charge is 0.368 e. The summed E-state index contributed by atoms with van der Waals surface area (Å²) in [7, 11) is 0. The Morgan fingerprint density at radius 3 is 2.27 bits per heavy atom. The van der Waals surface area contributed by atoms with E-state index in [1.807, 2.05) is 0 Å². The molecule has 0 aromatic heterocycles. The molecule has 2 aliphatic heterocycles. The fraction of sp³-hybridized carbons (Fsp3) is 0.750.